The molecule has 1 rings (SSSR count). The molecule has 1 atom stereocenters. The monoisotopic (exact) mass is 252 g/mol. The van der Waals surface area contributed by atoms with Gasteiger partial charge in [-0.25, -0.2) is 0 Å². The number of ketones is 2. The third kappa shape index (κ3) is 2.80. The molecule has 0 aliphatic heterocycles. The van der Waals surface area contributed by atoms with Gasteiger partial charge in [0.2, 0.25) is 5.24 Å². The quantitative estimate of drug-likeness (QED) is 0.611. The maximum atomic E-state index is 11.6. The summed E-state index contributed by atoms with van der Waals surface area (Å²) in [5.41, 5.74) is 1.13. The van der Waals surface area contributed by atoms with Gasteiger partial charge in [0.05, 0.1) is 5.92 Å². The van der Waals surface area contributed by atoms with Crippen LogP contribution in [0.1, 0.15) is 53.0 Å². The fraction of sp³-hybridized carbons (Fsp3) is 0.308. The number of Topliss-reactive ketones (excluding diaryl/α,β-unsaturated/α-hetero) is 2. The van der Waals surface area contributed by atoms with Crippen LogP contribution in [0.3, 0.4) is 0 Å². The van der Waals surface area contributed by atoms with Gasteiger partial charge in [-0.2, -0.15) is 0 Å². The first kappa shape index (κ1) is 13.6. The molecule has 0 fully saturated rings. The number of hydrogen-bond acceptors (Lipinski definition) is 3. The van der Waals surface area contributed by atoms with Crippen molar-refractivity contribution >= 4 is 28.4 Å². The average molecular weight is 253 g/mol. The van der Waals surface area contributed by atoms with E-state index in [4.69, 9.17) is 11.6 Å². The van der Waals surface area contributed by atoms with E-state index in [0.29, 0.717) is 16.7 Å². The lowest BCUT2D eigenvalue weighted by atomic mass is 9.89. The van der Waals surface area contributed by atoms with Crippen LogP contribution in [0.5, 0.6) is 0 Å². The van der Waals surface area contributed by atoms with E-state index in [2.05, 4.69) is 0 Å². The Bertz CT molecular complexity index is 491. The first-order chi connectivity index (χ1) is 7.86. The standard InChI is InChI=1S/C13H13ClO3/c1-7(13(14)17)10-5-4-6-11(8(2)15)12(10)9(3)16/h4-7H,1-3H3. The second kappa shape index (κ2) is 5.23. The van der Waals surface area contributed by atoms with E-state index in [1.54, 1.807) is 25.1 Å². The Morgan fingerprint density at radius 1 is 1.12 bits per heavy atom. The van der Waals surface area contributed by atoms with Crippen molar-refractivity contribution in [2.75, 3.05) is 0 Å². The number of carbonyl (C=O) groups is 3. The molecule has 0 N–H and O–H groups in total. The molecule has 1 aromatic carbocycles. The molecule has 1 unspecified atom stereocenters. The van der Waals surface area contributed by atoms with Gasteiger partial charge in [-0.15, -0.1) is 0 Å². The molecular formula is C13H13ClO3. The molecule has 0 aromatic heterocycles. The SMILES string of the molecule is CC(=O)c1cccc(C(C)C(=O)Cl)c1C(C)=O. The van der Waals surface area contributed by atoms with E-state index in [1.165, 1.54) is 13.8 Å². The van der Waals surface area contributed by atoms with E-state index in [1.807, 2.05) is 0 Å². The van der Waals surface area contributed by atoms with Crippen LogP contribution in [0.4, 0.5) is 0 Å². The molecule has 0 aliphatic carbocycles. The van der Waals surface area contributed by atoms with Crippen molar-refractivity contribution in [3.8, 4) is 0 Å². The van der Waals surface area contributed by atoms with Crippen molar-refractivity contribution < 1.29 is 14.4 Å². The molecule has 90 valence electrons. The number of benzene rings is 1. The van der Waals surface area contributed by atoms with E-state index >= 15 is 0 Å². The molecule has 1 aromatic rings. The number of carbonyl (C=O) groups excluding carboxylic acids is 3. The van der Waals surface area contributed by atoms with Crippen molar-refractivity contribution in [2.24, 2.45) is 0 Å². The van der Waals surface area contributed by atoms with E-state index in [-0.39, 0.29) is 11.6 Å². The molecule has 4 heteroatoms. The maximum absolute atomic E-state index is 11.6. The molecule has 0 radical (unpaired) electrons. The molecule has 0 aliphatic rings. The van der Waals surface area contributed by atoms with Crippen molar-refractivity contribution in [3.63, 3.8) is 0 Å². The van der Waals surface area contributed by atoms with Crippen LogP contribution in [0.15, 0.2) is 18.2 Å². The normalized spacial score (nSPS) is 12.0. The minimum absolute atomic E-state index is 0.203. The number of rotatable bonds is 4. The molecule has 3 nitrogen and oxygen atoms in total. The summed E-state index contributed by atoms with van der Waals surface area (Å²) in [5.74, 6) is -1.04. The van der Waals surface area contributed by atoms with E-state index in [0.717, 1.165) is 0 Å². The van der Waals surface area contributed by atoms with Crippen LogP contribution in [-0.2, 0) is 4.79 Å². The van der Waals surface area contributed by atoms with Gasteiger partial charge in [0.15, 0.2) is 11.6 Å². The molecular weight excluding hydrogens is 240 g/mol. The van der Waals surface area contributed by atoms with Gasteiger partial charge in [-0.1, -0.05) is 25.1 Å². The Kier molecular flexibility index (Phi) is 4.18. The summed E-state index contributed by atoms with van der Waals surface area (Å²) >= 11 is 5.44. The summed E-state index contributed by atoms with van der Waals surface area (Å²) in [5, 5.41) is -0.548. The largest absolute Gasteiger partial charge is 0.294 e. The Balaban J connectivity index is 3.50. The van der Waals surface area contributed by atoms with Gasteiger partial charge >= 0.3 is 0 Å². The lowest BCUT2D eigenvalue weighted by molar-refractivity contribution is -0.112. The molecule has 0 saturated heterocycles. The highest BCUT2D eigenvalue weighted by molar-refractivity contribution is 6.64. The highest BCUT2D eigenvalue weighted by atomic mass is 35.5. The molecule has 0 heterocycles. The van der Waals surface area contributed by atoms with Gasteiger partial charge < -0.3 is 0 Å². The Hall–Kier alpha value is -1.48. The number of halogens is 1. The fourth-order valence-corrected chi connectivity index (χ4v) is 1.86. The topological polar surface area (TPSA) is 51.2 Å². The second-order valence-corrected chi connectivity index (χ2v) is 4.28. The summed E-state index contributed by atoms with van der Waals surface area (Å²) in [7, 11) is 0. The number of hydrogen-bond donors (Lipinski definition) is 0. The summed E-state index contributed by atoms with van der Waals surface area (Å²) in [6.07, 6.45) is 0. The van der Waals surface area contributed by atoms with Crippen molar-refractivity contribution in [1.29, 1.82) is 0 Å². The lowest BCUT2D eigenvalue weighted by Crippen LogP contribution is -2.12. The summed E-state index contributed by atoms with van der Waals surface area (Å²) < 4.78 is 0. The molecule has 0 amide bonds. The van der Waals surface area contributed by atoms with Crippen LogP contribution < -0.4 is 0 Å². The first-order valence-corrected chi connectivity index (χ1v) is 5.58. The molecule has 0 spiro atoms. The van der Waals surface area contributed by atoms with Crippen molar-refractivity contribution in [3.05, 3.63) is 34.9 Å². The molecule has 17 heavy (non-hydrogen) atoms. The van der Waals surface area contributed by atoms with Gasteiger partial charge in [0, 0.05) is 11.1 Å². The van der Waals surface area contributed by atoms with Crippen LogP contribution >= 0.6 is 11.6 Å². The van der Waals surface area contributed by atoms with E-state index in [9.17, 15) is 14.4 Å². The van der Waals surface area contributed by atoms with E-state index < -0.39 is 11.2 Å². The summed E-state index contributed by atoms with van der Waals surface area (Å²) in [4.78, 5) is 34.2. The Morgan fingerprint density at radius 2 is 1.71 bits per heavy atom. The zero-order valence-corrected chi connectivity index (χ0v) is 10.7. The zero-order valence-electron chi connectivity index (χ0n) is 9.91. The van der Waals surface area contributed by atoms with Gasteiger partial charge in [-0.3, -0.25) is 14.4 Å². The average Bonchev–Trinajstić information content (AvgIpc) is 2.26. The Morgan fingerprint density at radius 3 is 2.12 bits per heavy atom. The summed E-state index contributed by atoms with van der Waals surface area (Å²) in [6, 6.07) is 4.87. The van der Waals surface area contributed by atoms with Crippen molar-refractivity contribution in [2.45, 2.75) is 26.7 Å². The maximum Gasteiger partial charge on any atom is 0.228 e. The first-order valence-electron chi connectivity index (χ1n) is 5.20. The second-order valence-electron chi connectivity index (χ2n) is 3.91. The van der Waals surface area contributed by atoms with Gasteiger partial charge in [-0.05, 0) is 31.0 Å². The fourth-order valence-electron chi connectivity index (χ4n) is 1.74. The van der Waals surface area contributed by atoms with Crippen LogP contribution in [0.25, 0.3) is 0 Å². The third-order valence-corrected chi connectivity index (χ3v) is 2.96. The summed E-state index contributed by atoms with van der Waals surface area (Å²) in [6.45, 7) is 4.37. The third-order valence-electron chi connectivity index (χ3n) is 2.63. The predicted octanol–water partition coefficient (Wildman–Crippen LogP) is 2.96. The minimum atomic E-state index is -0.602. The van der Waals surface area contributed by atoms with Gasteiger partial charge in [0.1, 0.15) is 0 Å². The minimum Gasteiger partial charge on any atom is -0.294 e. The van der Waals surface area contributed by atoms with Crippen molar-refractivity contribution in [1.82, 2.24) is 0 Å². The highest BCUT2D eigenvalue weighted by Gasteiger charge is 2.22. The highest BCUT2D eigenvalue weighted by Crippen LogP contribution is 2.25. The van der Waals surface area contributed by atoms with Crippen LogP contribution in [-0.4, -0.2) is 16.8 Å². The molecule has 0 saturated carbocycles. The zero-order chi connectivity index (χ0) is 13.2. The lowest BCUT2D eigenvalue weighted by Gasteiger charge is -2.14. The van der Waals surface area contributed by atoms with Gasteiger partial charge in [0.25, 0.3) is 0 Å². The molecule has 0 bridgehead atoms. The predicted molar refractivity (Wildman–Crippen MR) is 65.7 cm³/mol. The van der Waals surface area contributed by atoms with Crippen LogP contribution in [0, 0.1) is 0 Å². The smallest absolute Gasteiger partial charge is 0.228 e. The Labute approximate surface area is 105 Å². The van der Waals surface area contributed by atoms with Crippen LogP contribution in [0.2, 0.25) is 0 Å².